The standard InChI is InChI=1S/C20H16ClNO4S/c21-27(24,25)19-12-8-17(9-13-19)16-6-10-18(11-7-16)22-20(23)26-14-15-4-2-1-3-5-15/h1-13H,14H2,(H,22,23). The first kappa shape index (κ1) is 18.9. The Kier molecular flexibility index (Phi) is 5.78. The second kappa shape index (κ2) is 8.24. The van der Waals surface area contributed by atoms with Crippen molar-refractivity contribution in [2.45, 2.75) is 11.5 Å². The van der Waals surface area contributed by atoms with Crippen LogP contribution in [0.4, 0.5) is 10.5 Å². The van der Waals surface area contributed by atoms with Gasteiger partial charge in [-0.25, -0.2) is 13.2 Å². The van der Waals surface area contributed by atoms with E-state index in [1.807, 2.05) is 42.5 Å². The Balaban J connectivity index is 1.60. The number of halogens is 1. The van der Waals surface area contributed by atoms with Crippen LogP contribution in [0.15, 0.2) is 83.8 Å². The van der Waals surface area contributed by atoms with Gasteiger partial charge in [0.15, 0.2) is 0 Å². The molecule has 27 heavy (non-hydrogen) atoms. The van der Waals surface area contributed by atoms with Crippen LogP contribution in [0.2, 0.25) is 0 Å². The summed E-state index contributed by atoms with van der Waals surface area (Å²) in [6.07, 6.45) is -0.539. The van der Waals surface area contributed by atoms with E-state index < -0.39 is 15.1 Å². The van der Waals surface area contributed by atoms with Crippen LogP contribution in [0.5, 0.6) is 0 Å². The van der Waals surface area contributed by atoms with Crippen LogP contribution in [0, 0.1) is 0 Å². The summed E-state index contributed by atoms with van der Waals surface area (Å²) >= 11 is 0. The SMILES string of the molecule is O=C(Nc1ccc(-c2ccc(S(=O)(=O)Cl)cc2)cc1)OCc1ccccc1. The van der Waals surface area contributed by atoms with Crippen LogP contribution >= 0.6 is 10.7 Å². The van der Waals surface area contributed by atoms with Crippen molar-refractivity contribution in [2.75, 3.05) is 5.32 Å². The molecule has 1 N–H and O–H groups in total. The van der Waals surface area contributed by atoms with Crippen molar-refractivity contribution in [3.05, 3.63) is 84.4 Å². The average molecular weight is 402 g/mol. The van der Waals surface area contributed by atoms with Gasteiger partial charge in [-0.15, -0.1) is 0 Å². The van der Waals surface area contributed by atoms with E-state index in [9.17, 15) is 13.2 Å². The second-order valence-corrected chi connectivity index (χ2v) is 8.29. The van der Waals surface area contributed by atoms with Gasteiger partial charge in [0.25, 0.3) is 9.05 Å². The van der Waals surface area contributed by atoms with Gasteiger partial charge in [0.05, 0.1) is 4.90 Å². The zero-order valence-corrected chi connectivity index (χ0v) is 15.7. The molecule has 0 saturated carbocycles. The van der Waals surface area contributed by atoms with Gasteiger partial charge in [0.1, 0.15) is 6.61 Å². The van der Waals surface area contributed by atoms with Crippen molar-refractivity contribution in [2.24, 2.45) is 0 Å². The zero-order chi connectivity index (χ0) is 19.3. The van der Waals surface area contributed by atoms with Gasteiger partial charge < -0.3 is 4.74 Å². The summed E-state index contributed by atoms with van der Waals surface area (Å²) in [5.74, 6) is 0. The molecule has 0 radical (unpaired) electrons. The number of amides is 1. The molecule has 138 valence electrons. The van der Waals surface area contributed by atoms with E-state index in [1.54, 1.807) is 24.3 Å². The summed E-state index contributed by atoms with van der Waals surface area (Å²) in [7, 11) is 1.57. The summed E-state index contributed by atoms with van der Waals surface area (Å²) in [5, 5.41) is 2.66. The molecule has 0 aliphatic carbocycles. The molecule has 0 aliphatic rings. The highest BCUT2D eigenvalue weighted by molar-refractivity contribution is 8.13. The Morgan fingerprint density at radius 3 is 1.96 bits per heavy atom. The van der Waals surface area contributed by atoms with E-state index in [-0.39, 0.29) is 11.5 Å². The summed E-state index contributed by atoms with van der Waals surface area (Å²) in [6.45, 7) is 0.195. The molecule has 3 aromatic carbocycles. The third-order valence-corrected chi connectivity index (χ3v) is 5.18. The van der Waals surface area contributed by atoms with E-state index in [0.29, 0.717) is 5.69 Å². The number of rotatable bonds is 5. The fraction of sp³-hybridized carbons (Fsp3) is 0.0500. The van der Waals surface area contributed by atoms with Gasteiger partial charge >= 0.3 is 6.09 Å². The molecule has 0 atom stereocenters. The third kappa shape index (κ3) is 5.32. The number of carbonyl (C=O) groups excluding carboxylic acids is 1. The molecule has 7 heteroatoms. The number of anilines is 1. The molecule has 0 heterocycles. The lowest BCUT2D eigenvalue weighted by Crippen LogP contribution is -2.13. The molecule has 0 aromatic heterocycles. The molecular formula is C20H16ClNO4S. The van der Waals surface area contributed by atoms with Crippen molar-refractivity contribution in [1.29, 1.82) is 0 Å². The van der Waals surface area contributed by atoms with Crippen molar-refractivity contribution in [3.63, 3.8) is 0 Å². The maximum atomic E-state index is 11.9. The largest absolute Gasteiger partial charge is 0.444 e. The summed E-state index contributed by atoms with van der Waals surface area (Å²) in [6, 6.07) is 22.8. The molecule has 5 nitrogen and oxygen atoms in total. The Morgan fingerprint density at radius 1 is 0.852 bits per heavy atom. The lowest BCUT2D eigenvalue weighted by molar-refractivity contribution is 0.155. The Morgan fingerprint density at radius 2 is 1.41 bits per heavy atom. The molecule has 0 saturated heterocycles. The number of hydrogen-bond donors (Lipinski definition) is 1. The van der Waals surface area contributed by atoms with Gasteiger partial charge in [-0.05, 0) is 41.0 Å². The van der Waals surface area contributed by atoms with Crippen molar-refractivity contribution < 1.29 is 17.9 Å². The summed E-state index contributed by atoms with van der Waals surface area (Å²) < 4.78 is 27.7. The van der Waals surface area contributed by atoms with E-state index >= 15 is 0 Å². The number of ether oxygens (including phenoxy) is 1. The van der Waals surface area contributed by atoms with E-state index in [1.165, 1.54) is 12.1 Å². The molecule has 1 amide bonds. The molecule has 3 rings (SSSR count). The topological polar surface area (TPSA) is 72.5 Å². The van der Waals surface area contributed by atoms with Crippen LogP contribution in [-0.4, -0.2) is 14.5 Å². The number of benzene rings is 3. The molecule has 0 spiro atoms. The van der Waals surface area contributed by atoms with E-state index in [0.717, 1.165) is 16.7 Å². The minimum atomic E-state index is -3.74. The molecule has 0 fully saturated rings. The van der Waals surface area contributed by atoms with Crippen molar-refractivity contribution in [3.8, 4) is 11.1 Å². The summed E-state index contributed by atoms with van der Waals surface area (Å²) in [4.78, 5) is 11.9. The van der Waals surface area contributed by atoms with Crippen LogP contribution in [0.3, 0.4) is 0 Å². The second-order valence-electron chi connectivity index (χ2n) is 5.73. The summed E-state index contributed by atoms with van der Waals surface area (Å²) in [5.41, 5.74) is 3.20. The maximum Gasteiger partial charge on any atom is 0.411 e. The van der Waals surface area contributed by atoms with E-state index in [4.69, 9.17) is 15.4 Å². The molecular weight excluding hydrogens is 386 g/mol. The zero-order valence-electron chi connectivity index (χ0n) is 14.1. The molecule has 0 aliphatic heterocycles. The number of hydrogen-bond acceptors (Lipinski definition) is 4. The highest BCUT2D eigenvalue weighted by Gasteiger charge is 2.10. The number of carbonyl (C=O) groups is 1. The van der Waals surface area contributed by atoms with Gasteiger partial charge in [-0.1, -0.05) is 54.6 Å². The quantitative estimate of drug-likeness (QED) is 0.608. The van der Waals surface area contributed by atoms with Gasteiger partial charge in [0.2, 0.25) is 0 Å². The predicted molar refractivity (Wildman–Crippen MR) is 105 cm³/mol. The third-order valence-electron chi connectivity index (χ3n) is 3.81. The first-order valence-corrected chi connectivity index (χ1v) is 10.4. The number of nitrogens with one attached hydrogen (secondary N) is 1. The van der Waals surface area contributed by atoms with Gasteiger partial charge in [-0.3, -0.25) is 5.32 Å². The minimum Gasteiger partial charge on any atom is -0.444 e. The van der Waals surface area contributed by atoms with Gasteiger partial charge in [0, 0.05) is 16.4 Å². The highest BCUT2D eigenvalue weighted by Crippen LogP contribution is 2.24. The predicted octanol–water partition coefficient (Wildman–Crippen LogP) is 5.03. The van der Waals surface area contributed by atoms with Gasteiger partial charge in [-0.2, -0.15) is 0 Å². The fourth-order valence-electron chi connectivity index (χ4n) is 2.43. The Hall–Kier alpha value is -2.83. The monoisotopic (exact) mass is 401 g/mol. The molecule has 0 bridgehead atoms. The molecule has 3 aromatic rings. The fourth-order valence-corrected chi connectivity index (χ4v) is 3.20. The first-order valence-electron chi connectivity index (χ1n) is 8.05. The lowest BCUT2D eigenvalue weighted by atomic mass is 10.1. The average Bonchev–Trinajstić information content (AvgIpc) is 2.67. The van der Waals surface area contributed by atoms with Crippen LogP contribution < -0.4 is 5.32 Å². The van der Waals surface area contributed by atoms with Crippen LogP contribution in [0.1, 0.15) is 5.56 Å². The minimum absolute atomic E-state index is 0.0485. The first-order chi connectivity index (χ1) is 12.9. The lowest BCUT2D eigenvalue weighted by Gasteiger charge is -2.08. The van der Waals surface area contributed by atoms with Crippen molar-refractivity contribution in [1.82, 2.24) is 0 Å². The molecule has 0 unspecified atom stereocenters. The normalized spacial score (nSPS) is 11.0. The van der Waals surface area contributed by atoms with Crippen LogP contribution in [-0.2, 0) is 20.4 Å². The Bertz CT molecular complexity index is 1020. The Labute approximate surface area is 162 Å². The maximum absolute atomic E-state index is 11.9. The van der Waals surface area contributed by atoms with E-state index in [2.05, 4.69) is 5.32 Å². The smallest absolute Gasteiger partial charge is 0.411 e. The highest BCUT2D eigenvalue weighted by atomic mass is 35.7. The van der Waals surface area contributed by atoms with Crippen molar-refractivity contribution >= 4 is 31.5 Å². The van der Waals surface area contributed by atoms with Crippen LogP contribution in [0.25, 0.3) is 11.1 Å².